The minimum Gasteiger partial charge on any atom is -0.330 e. The topological polar surface area (TPSA) is 512 Å². The zero-order valence-corrected chi connectivity index (χ0v) is 36.0. The van der Waals surface area contributed by atoms with E-state index in [0.29, 0.717) is 11.3 Å². The van der Waals surface area contributed by atoms with Crippen LogP contribution in [0.4, 0.5) is 0 Å². The molecule has 2 atom stereocenters. The van der Waals surface area contributed by atoms with Gasteiger partial charge in [0.25, 0.3) is 0 Å². The minimum atomic E-state index is -4.55. The van der Waals surface area contributed by atoms with Gasteiger partial charge in [0.2, 0.25) is 0 Å². The Hall–Kier alpha value is 1.12. The molecule has 2 aliphatic rings. The Morgan fingerprint density at radius 3 is 0.833 bits per heavy atom. The summed E-state index contributed by atoms with van der Waals surface area (Å²) >= 11 is 0. The molecule has 26 nitrogen and oxygen atoms in total. The summed E-state index contributed by atoms with van der Waals surface area (Å²) in [6, 6.07) is 0. The van der Waals surface area contributed by atoms with Crippen LogP contribution in [-0.4, -0.2) is 115 Å². The largest absolute Gasteiger partial charge is 0.337 e. The molecule has 2 aliphatic carbocycles. The van der Waals surface area contributed by atoms with E-state index in [1.54, 1.807) is 0 Å². The first kappa shape index (κ1) is 59.4. The Morgan fingerprint density at radius 2 is 0.630 bits per heavy atom. The van der Waals surface area contributed by atoms with E-state index in [4.69, 9.17) is 89.8 Å². The average Bonchev–Trinajstić information content (AvgIpc) is 3.23. The van der Waals surface area contributed by atoms with Gasteiger partial charge in [0.05, 0.1) is 0 Å². The predicted octanol–water partition coefficient (Wildman–Crippen LogP) is 0.638. The lowest BCUT2D eigenvalue weighted by Gasteiger charge is -2.45. The smallest absolute Gasteiger partial charge is 0.330 e. The number of rotatable bonds is 11. The third-order valence-corrected chi connectivity index (χ3v) is 19.1. The van der Waals surface area contributed by atoms with E-state index in [9.17, 15) is 36.5 Å². The molecule has 0 heterocycles. The fourth-order valence-corrected chi connectivity index (χ4v) is 13.3. The molecule has 2 saturated carbocycles. The summed E-state index contributed by atoms with van der Waals surface area (Å²) in [5.74, 6) is -3.95. The van der Waals surface area contributed by atoms with Gasteiger partial charge in [-0.1, -0.05) is 44.9 Å². The fraction of sp³-hybridized carbons (Fsp3) is 1.00. The van der Waals surface area contributed by atoms with Crippen molar-refractivity contribution in [3.63, 3.8) is 0 Å². The summed E-state index contributed by atoms with van der Waals surface area (Å²) in [7, 11) is -36.4. The molecule has 34 heteroatoms. The van der Waals surface area contributed by atoms with Crippen LogP contribution in [0.15, 0.2) is 0 Å². The van der Waals surface area contributed by atoms with Crippen LogP contribution in [0.3, 0.4) is 0 Å². The lowest BCUT2D eigenvalue weighted by molar-refractivity contribution is 0.0617. The van der Waals surface area contributed by atoms with Gasteiger partial charge in [0.15, 0.2) is 23.6 Å². The molecule has 0 aromatic carbocycles. The first-order valence-electron chi connectivity index (χ1n) is 15.4. The van der Waals surface area contributed by atoms with E-state index in [2.05, 4.69) is 0 Å². The van der Waals surface area contributed by atoms with E-state index < -0.39 is 84.4 Å². The standard InChI is InChI=1S/C16H32N2.4CH6O6P2/c17-12-15-10-6-3-7-11-16(15,13-18)14-8-4-1-2-5-9-14;4*2-8(3,4)1-9(5,6)7/h14-15H,1-13,17-18H2;4*1H2,(H2,2,3,4)(H2,5,6,7). The highest BCUT2D eigenvalue weighted by Gasteiger charge is 2.43. The summed E-state index contributed by atoms with van der Waals surface area (Å²) < 4.78 is 78.8. The van der Waals surface area contributed by atoms with Crippen molar-refractivity contribution < 1.29 is 115 Å². The molecular formula is C20H56N2O24P8. The third kappa shape index (κ3) is 39.9. The highest BCUT2D eigenvalue weighted by atomic mass is 31.3. The second kappa shape index (κ2) is 25.0. The summed E-state index contributed by atoms with van der Waals surface area (Å²) in [5, 5.41) is 0. The zero-order valence-electron chi connectivity index (χ0n) is 28.8. The zero-order chi connectivity index (χ0) is 43.7. The lowest BCUT2D eigenvalue weighted by Crippen LogP contribution is -2.46. The van der Waals surface area contributed by atoms with Gasteiger partial charge in [-0.3, -0.25) is 36.5 Å². The van der Waals surface area contributed by atoms with E-state index in [1.165, 1.54) is 70.6 Å². The lowest BCUT2D eigenvalue weighted by atomic mass is 9.61. The van der Waals surface area contributed by atoms with Crippen LogP contribution in [0.25, 0.3) is 0 Å². The third-order valence-electron chi connectivity index (χ3n) is 7.31. The van der Waals surface area contributed by atoms with E-state index in [-0.39, 0.29) is 0 Å². The number of hydrogen-bond donors (Lipinski definition) is 18. The van der Waals surface area contributed by atoms with Gasteiger partial charge in [-0.05, 0) is 56.0 Å². The molecule has 0 radical (unpaired) electrons. The second-order valence-electron chi connectivity index (χ2n) is 12.5. The molecule has 0 amide bonds. The normalized spacial score (nSPS) is 21.2. The molecule has 0 aromatic rings. The van der Waals surface area contributed by atoms with Crippen molar-refractivity contribution in [3.8, 4) is 0 Å². The average molecular weight is 956 g/mol. The van der Waals surface area contributed by atoms with E-state index in [1.807, 2.05) is 0 Å². The fourth-order valence-electron chi connectivity index (χ4n) is 5.65. The Kier molecular flexibility index (Phi) is 27.5. The first-order chi connectivity index (χ1) is 23.7. The van der Waals surface area contributed by atoms with Gasteiger partial charge in [-0.15, -0.1) is 0 Å². The number of hydrogen-bond acceptors (Lipinski definition) is 10. The van der Waals surface area contributed by atoms with Crippen LogP contribution < -0.4 is 11.5 Å². The van der Waals surface area contributed by atoms with Crippen molar-refractivity contribution in [1.82, 2.24) is 0 Å². The van der Waals surface area contributed by atoms with E-state index in [0.717, 1.165) is 19.0 Å². The second-order valence-corrected chi connectivity index (χ2v) is 27.7. The maximum Gasteiger partial charge on any atom is 0.337 e. The molecule has 2 fully saturated rings. The van der Waals surface area contributed by atoms with Gasteiger partial charge in [0, 0.05) is 0 Å². The highest BCUT2D eigenvalue weighted by molar-refractivity contribution is 7.70. The molecule has 2 unspecified atom stereocenters. The monoisotopic (exact) mass is 956 g/mol. The van der Waals surface area contributed by atoms with Crippen molar-refractivity contribution in [1.29, 1.82) is 0 Å². The van der Waals surface area contributed by atoms with Gasteiger partial charge < -0.3 is 89.8 Å². The minimum absolute atomic E-state index is 0.385. The Labute approximate surface area is 311 Å². The Bertz CT molecular complexity index is 1210. The Balaban J connectivity index is -0.000000632. The molecule has 0 bridgehead atoms. The highest BCUT2D eigenvalue weighted by Crippen LogP contribution is 2.54. The maximum absolute atomic E-state index is 9.85. The summed E-state index contributed by atoms with van der Waals surface area (Å²) in [6.07, 6.45) is 15.3. The van der Waals surface area contributed by atoms with Crippen LogP contribution in [-0.2, 0) is 36.5 Å². The quantitative estimate of drug-likeness (QED) is 0.0997. The predicted molar refractivity (Wildman–Crippen MR) is 194 cm³/mol. The maximum atomic E-state index is 9.85. The SMILES string of the molecule is NCC1CCCCCC1(CN)C1CCCCCC1.O=P(O)(O)CP(=O)(O)O.O=P(O)(O)CP(=O)(O)O.O=P(O)(O)CP(=O)(O)O.O=P(O)(O)CP(=O)(O)O. The van der Waals surface area contributed by atoms with Gasteiger partial charge in [-0.2, -0.15) is 0 Å². The summed E-state index contributed by atoms with van der Waals surface area (Å²) in [5.41, 5.74) is 12.8. The molecule has 0 aliphatic heterocycles. The van der Waals surface area contributed by atoms with Crippen molar-refractivity contribution >= 4 is 60.8 Å². The van der Waals surface area contributed by atoms with Crippen LogP contribution in [0.1, 0.15) is 70.6 Å². The molecule has 0 aromatic heterocycles. The first-order valence-corrected chi connectivity index (χ1v) is 29.8. The van der Waals surface area contributed by atoms with Gasteiger partial charge in [-0.25, -0.2) is 0 Å². The van der Waals surface area contributed by atoms with Crippen LogP contribution >= 0.6 is 60.8 Å². The molecule has 0 spiro atoms. The van der Waals surface area contributed by atoms with Crippen molar-refractivity contribution in [2.45, 2.75) is 70.6 Å². The molecule has 0 saturated heterocycles. The summed E-state index contributed by atoms with van der Waals surface area (Å²) in [6.45, 7) is 1.73. The van der Waals surface area contributed by atoms with Crippen LogP contribution in [0.2, 0.25) is 0 Å². The van der Waals surface area contributed by atoms with Gasteiger partial charge >= 0.3 is 60.8 Å². The van der Waals surface area contributed by atoms with Crippen LogP contribution in [0, 0.1) is 17.3 Å². The molecule has 20 N–H and O–H groups in total. The molecular weight excluding hydrogens is 900 g/mol. The van der Waals surface area contributed by atoms with Crippen molar-refractivity contribution in [3.05, 3.63) is 0 Å². The van der Waals surface area contributed by atoms with Crippen molar-refractivity contribution in [2.24, 2.45) is 28.7 Å². The van der Waals surface area contributed by atoms with Gasteiger partial charge in [0.1, 0.15) is 0 Å². The van der Waals surface area contributed by atoms with Crippen LogP contribution in [0.5, 0.6) is 0 Å². The summed E-state index contributed by atoms with van der Waals surface area (Å²) in [4.78, 5) is 128. The Morgan fingerprint density at radius 1 is 0.389 bits per heavy atom. The molecule has 54 heavy (non-hydrogen) atoms. The molecule has 330 valence electrons. The molecule has 2 rings (SSSR count). The van der Waals surface area contributed by atoms with E-state index >= 15 is 0 Å². The van der Waals surface area contributed by atoms with Crippen molar-refractivity contribution in [2.75, 3.05) is 36.7 Å². The number of nitrogens with two attached hydrogens (primary N) is 2.